The third-order valence-corrected chi connectivity index (χ3v) is 7.76. The van der Waals surface area contributed by atoms with Crippen molar-refractivity contribution in [1.82, 2.24) is 20.2 Å². The molecule has 0 bridgehead atoms. The Labute approximate surface area is 289 Å². The van der Waals surface area contributed by atoms with Gasteiger partial charge < -0.3 is 41.1 Å². The van der Waals surface area contributed by atoms with E-state index in [9.17, 15) is 37.1 Å². The lowest BCUT2D eigenvalue weighted by Crippen LogP contribution is -2.61. The number of alkyl halides is 3. The molecule has 0 radical (unpaired) electrons. The normalized spacial score (nSPS) is 19.1. The number of fused-ring (bicyclic) bond motifs is 1. The first-order chi connectivity index (χ1) is 23.7. The number of piperidine rings is 1. The van der Waals surface area contributed by atoms with Crippen molar-refractivity contribution in [2.24, 2.45) is 16.3 Å². The summed E-state index contributed by atoms with van der Waals surface area (Å²) in [4.78, 5) is 65.3. The molecule has 0 aliphatic carbocycles. The second-order valence-corrected chi connectivity index (χ2v) is 12.4. The monoisotopic (exact) mass is 724 g/mol. The van der Waals surface area contributed by atoms with Crippen LogP contribution in [0.15, 0.2) is 59.8 Å². The Morgan fingerprint density at radius 2 is 1.63 bits per heavy atom. The molecule has 3 amide bonds. The van der Waals surface area contributed by atoms with Crippen LogP contribution in [0.2, 0.25) is 0 Å². The van der Waals surface area contributed by atoms with Gasteiger partial charge in [0.05, 0.1) is 24.5 Å². The van der Waals surface area contributed by atoms with E-state index in [0.29, 0.717) is 10.7 Å². The van der Waals surface area contributed by atoms with Gasteiger partial charge >= 0.3 is 18.1 Å². The molecule has 1 aromatic heterocycles. The van der Waals surface area contributed by atoms with Crippen molar-refractivity contribution in [1.29, 1.82) is 0 Å². The summed E-state index contributed by atoms with van der Waals surface area (Å²) >= 11 is 0. The van der Waals surface area contributed by atoms with E-state index in [2.05, 4.69) is 15.4 Å². The van der Waals surface area contributed by atoms with Crippen LogP contribution in [-0.4, -0.2) is 127 Å². The number of hydrogen-bond donors (Lipinski definition) is 6. The number of hydrogen-bond acceptors (Lipinski definition) is 11. The third kappa shape index (κ3) is 11.0. The van der Waals surface area contributed by atoms with Gasteiger partial charge in [-0.3, -0.25) is 19.4 Å². The summed E-state index contributed by atoms with van der Waals surface area (Å²) in [6.07, 6.45) is -7.63. The van der Waals surface area contributed by atoms with Gasteiger partial charge in [-0.2, -0.15) is 18.3 Å². The molecule has 0 spiro atoms. The minimum absolute atomic E-state index is 0.0407. The molecule has 2 aliphatic heterocycles. The van der Waals surface area contributed by atoms with Crippen molar-refractivity contribution in [3.05, 3.63) is 66.0 Å². The van der Waals surface area contributed by atoms with E-state index in [-0.39, 0.29) is 44.9 Å². The number of aliphatic carboxylic acids is 2. The number of aliphatic hydroxyl groups excluding tert-OH is 2. The summed E-state index contributed by atoms with van der Waals surface area (Å²) in [5.74, 6) is -5.52. The zero-order valence-corrected chi connectivity index (χ0v) is 27.6. The Morgan fingerprint density at radius 3 is 2.16 bits per heavy atom. The first-order valence-corrected chi connectivity index (χ1v) is 15.4. The first-order valence-electron chi connectivity index (χ1n) is 15.4. The highest BCUT2D eigenvalue weighted by molar-refractivity contribution is 6.14. The van der Waals surface area contributed by atoms with Crippen LogP contribution < -0.4 is 11.1 Å². The van der Waals surface area contributed by atoms with E-state index >= 15 is 0 Å². The number of hydrazone groups is 1. The number of nitrogens with two attached hydrogens (primary N) is 1. The number of carbonyl (C=O) groups excluding carboxylic acids is 3. The fourth-order valence-corrected chi connectivity index (χ4v) is 5.14. The summed E-state index contributed by atoms with van der Waals surface area (Å²) in [6.45, 7) is 1.30. The number of carboxylic acids is 2. The number of pyridine rings is 1. The minimum Gasteiger partial charge on any atom is -0.479 e. The van der Waals surface area contributed by atoms with Gasteiger partial charge in [-0.15, -0.1) is 0 Å². The zero-order valence-electron chi connectivity index (χ0n) is 27.6. The van der Waals surface area contributed by atoms with Crippen LogP contribution in [0.1, 0.15) is 31.5 Å². The lowest BCUT2D eigenvalue weighted by atomic mass is 9.74. The van der Waals surface area contributed by atoms with Crippen molar-refractivity contribution in [2.75, 3.05) is 26.2 Å². The van der Waals surface area contributed by atoms with Crippen molar-refractivity contribution in [3.8, 4) is 0 Å². The first kappa shape index (κ1) is 40.4. The number of benzene rings is 1. The van der Waals surface area contributed by atoms with Crippen LogP contribution in [0, 0.1) is 5.41 Å². The molecule has 0 saturated carbocycles. The van der Waals surface area contributed by atoms with Gasteiger partial charge in [-0.1, -0.05) is 36.4 Å². The molecule has 278 valence electrons. The van der Waals surface area contributed by atoms with Crippen molar-refractivity contribution in [3.63, 3.8) is 0 Å². The standard InChI is InChI=1S/C28H33F3N6O4.C4H6O6/c1-26(2,32)24(39)34-21(16-41-15-19-8-4-3-5-9-19)23(38)36-13-11-22-27(17-36,14-20-10-6-7-12-33-20)25(40)37(35-22)18-28(29,30)31;5-1(3(7)8)2(6)4(9)10/h3-10,12,21H,11,13-18,32H2,1-2H3,(H,34,39);1-2,5-6H,(H,7,8)(H,9,10)/t21-,27-;1-,2-/m11/s1. The maximum Gasteiger partial charge on any atom is 0.408 e. The topological polar surface area (TPSA) is 245 Å². The zero-order chi connectivity index (χ0) is 38.1. The molecule has 1 aromatic carbocycles. The predicted molar refractivity (Wildman–Crippen MR) is 170 cm³/mol. The van der Waals surface area contributed by atoms with Gasteiger partial charge in [0.2, 0.25) is 11.8 Å². The van der Waals surface area contributed by atoms with Crippen LogP contribution >= 0.6 is 0 Å². The smallest absolute Gasteiger partial charge is 0.408 e. The van der Waals surface area contributed by atoms with Crippen molar-refractivity contribution < 1.29 is 62.3 Å². The highest BCUT2D eigenvalue weighted by atomic mass is 19.4. The lowest BCUT2D eigenvalue weighted by Gasteiger charge is -2.40. The third-order valence-electron chi connectivity index (χ3n) is 7.76. The lowest BCUT2D eigenvalue weighted by molar-refractivity contribution is -0.165. The second kappa shape index (κ2) is 16.8. The van der Waals surface area contributed by atoms with E-state index in [0.717, 1.165) is 5.56 Å². The number of carbonyl (C=O) groups is 5. The van der Waals surface area contributed by atoms with E-state index in [1.54, 1.807) is 18.2 Å². The molecule has 4 atom stereocenters. The average Bonchev–Trinajstić information content (AvgIpc) is 3.32. The maximum absolute atomic E-state index is 13.8. The Bertz CT molecular complexity index is 1570. The van der Waals surface area contributed by atoms with Gasteiger partial charge in [0.1, 0.15) is 18.0 Å². The summed E-state index contributed by atoms with van der Waals surface area (Å²) in [5, 5.41) is 39.7. The van der Waals surface area contributed by atoms with E-state index in [1.807, 2.05) is 30.3 Å². The van der Waals surface area contributed by atoms with Crippen molar-refractivity contribution >= 4 is 35.4 Å². The highest BCUT2D eigenvalue weighted by Gasteiger charge is 2.56. The molecule has 3 heterocycles. The Morgan fingerprint density at radius 1 is 1.02 bits per heavy atom. The fourth-order valence-electron chi connectivity index (χ4n) is 5.14. The molecule has 2 aliphatic rings. The number of nitrogens with zero attached hydrogens (tertiary/aromatic N) is 4. The fraction of sp³-hybridized carbons (Fsp3) is 0.469. The molecular weight excluding hydrogens is 685 g/mol. The number of aromatic nitrogens is 1. The number of nitrogens with one attached hydrogen (secondary N) is 1. The molecule has 0 unspecified atom stereocenters. The number of aliphatic hydroxyl groups is 2. The molecule has 16 nitrogen and oxygen atoms in total. The van der Waals surface area contributed by atoms with Crippen LogP contribution in [0.25, 0.3) is 0 Å². The molecule has 1 fully saturated rings. The van der Waals surface area contributed by atoms with E-state index in [1.165, 1.54) is 24.9 Å². The van der Waals surface area contributed by atoms with E-state index < -0.39 is 71.6 Å². The van der Waals surface area contributed by atoms with Gasteiger partial charge in [0.25, 0.3) is 5.91 Å². The minimum atomic E-state index is -4.66. The number of rotatable bonds is 13. The molecule has 19 heteroatoms. The average molecular weight is 725 g/mol. The van der Waals surface area contributed by atoms with Gasteiger partial charge in [-0.25, -0.2) is 14.6 Å². The number of likely N-dealkylation sites (tertiary alicyclic amines) is 1. The number of amides is 3. The maximum atomic E-state index is 13.8. The van der Waals surface area contributed by atoms with Gasteiger partial charge in [-0.05, 0) is 31.5 Å². The predicted octanol–water partition coefficient (Wildman–Crippen LogP) is -0.0804. The summed E-state index contributed by atoms with van der Waals surface area (Å²) in [5.41, 5.74) is 4.72. The highest BCUT2D eigenvalue weighted by Crippen LogP contribution is 2.39. The van der Waals surface area contributed by atoms with Crippen LogP contribution in [0.5, 0.6) is 0 Å². The Kier molecular flexibility index (Phi) is 13.3. The molecule has 7 N–H and O–H groups in total. The van der Waals surface area contributed by atoms with E-state index in [4.69, 9.17) is 30.9 Å². The molecule has 4 rings (SSSR count). The number of carboxylic acid groups (broad SMARTS) is 2. The number of halogens is 3. The van der Waals surface area contributed by atoms with Gasteiger partial charge in [0, 0.05) is 37.8 Å². The number of ether oxygens (including phenoxy) is 1. The molecule has 51 heavy (non-hydrogen) atoms. The van der Waals surface area contributed by atoms with Crippen LogP contribution in [-0.2, 0) is 41.7 Å². The van der Waals surface area contributed by atoms with Crippen LogP contribution in [0.4, 0.5) is 13.2 Å². The quantitative estimate of drug-likeness (QED) is 0.159. The Balaban J connectivity index is 0.000000612. The SMILES string of the molecule is CC(C)(N)C(=O)N[C@H](COCc1ccccc1)C(=O)N1CCC2=NN(CC(F)(F)F)C(=O)[C@]2(Cc2ccccn2)C1.O=C(O)[C@H](O)[C@@H](O)C(=O)O. The van der Waals surface area contributed by atoms with Crippen molar-refractivity contribution in [2.45, 2.75) is 63.3 Å². The largest absolute Gasteiger partial charge is 0.479 e. The second-order valence-electron chi connectivity index (χ2n) is 12.4. The van der Waals surface area contributed by atoms with Gasteiger partial charge in [0.15, 0.2) is 12.2 Å². The summed E-state index contributed by atoms with van der Waals surface area (Å²) < 4.78 is 45.6. The molecular formula is C32H39F3N6O10. The summed E-state index contributed by atoms with van der Waals surface area (Å²) in [6, 6.07) is 13.1. The molecule has 1 saturated heterocycles. The summed E-state index contributed by atoms with van der Waals surface area (Å²) in [7, 11) is 0. The van der Waals surface area contributed by atoms with Crippen LogP contribution in [0.3, 0.4) is 0 Å². The molecule has 2 aromatic rings. The Hall–Kier alpha value is -4.98.